The number of nitrogens with zero attached hydrogens (tertiary/aromatic N) is 2. The number of aromatic nitrogens is 1. The van der Waals surface area contributed by atoms with Crippen LogP contribution < -0.4 is 5.73 Å². The summed E-state index contributed by atoms with van der Waals surface area (Å²) in [7, 11) is 1.74. The average Bonchev–Trinajstić information content (AvgIpc) is 2.70. The molecule has 32 heavy (non-hydrogen) atoms. The molecule has 0 saturated carbocycles. The van der Waals surface area contributed by atoms with E-state index in [1.807, 2.05) is 11.8 Å². The van der Waals surface area contributed by atoms with Gasteiger partial charge in [0, 0.05) is 30.5 Å². The number of hydrogen-bond acceptors (Lipinski definition) is 4. The fraction of sp³-hybridized carbons (Fsp3) is 0.435. The predicted molar refractivity (Wildman–Crippen MR) is 129 cm³/mol. The Labute approximate surface area is 196 Å². The molecule has 0 unspecified atom stereocenters. The minimum atomic E-state index is -4.43. The zero-order valence-corrected chi connectivity index (χ0v) is 20.5. The number of aryl methyl sites for hydroxylation is 1. The molecule has 174 valence electrons. The van der Waals surface area contributed by atoms with E-state index in [4.69, 9.17) is 18.0 Å². The number of halogens is 3. The molecule has 4 nitrogen and oxygen atoms in total. The van der Waals surface area contributed by atoms with Crippen LogP contribution in [0.15, 0.2) is 30.3 Å². The van der Waals surface area contributed by atoms with Crippen molar-refractivity contribution in [3.63, 3.8) is 0 Å². The summed E-state index contributed by atoms with van der Waals surface area (Å²) in [6.45, 7) is 8.56. The third-order valence-corrected chi connectivity index (χ3v) is 6.52. The van der Waals surface area contributed by atoms with Gasteiger partial charge < -0.3 is 10.6 Å². The number of nitrogens with two attached hydrogens (primary N) is 1. The van der Waals surface area contributed by atoms with Crippen molar-refractivity contribution < 1.29 is 18.0 Å². The van der Waals surface area contributed by atoms with E-state index in [-0.39, 0.29) is 16.3 Å². The molecule has 1 heterocycles. The second-order valence-electron chi connectivity index (χ2n) is 8.42. The maximum absolute atomic E-state index is 13.2. The van der Waals surface area contributed by atoms with Gasteiger partial charge in [-0.05, 0) is 36.3 Å². The maximum atomic E-state index is 13.2. The highest BCUT2D eigenvalue weighted by Gasteiger charge is 2.30. The lowest BCUT2D eigenvalue weighted by Gasteiger charge is -2.30. The molecule has 0 aliphatic rings. The van der Waals surface area contributed by atoms with Crippen LogP contribution in [0.25, 0.3) is 11.3 Å². The molecule has 0 aliphatic carbocycles. The van der Waals surface area contributed by atoms with Crippen LogP contribution in [-0.2, 0) is 6.18 Å². The van der Waals surface area contributed by atoms with E-state index in [2.05, 4.69) is 25.8 Å². The van der Waals surface area contributed by atoms with E-state index in [1.165, 1.54) is 12.1 Å². The van der Waals surface area contributed by atoms with Crippen molar-refractivity contribution in [2.75, 3.05) is 25.1 Å². The quantitative estimate of drug-likeness (QED) is 0.498. The van der Waals surface area contributed by atoms with Crippen molar-refractivity contribution in [2.24, 2.45) is 11.1 Å². The Balaban J connectivity index is 2.40. The molecule has 1 aromatic heterocycles. The summed E-state index contributed by atoms with van der Waals surface area (Å²) in [4.78, 5) is 19.3. The molecule has 0 bridgehead atoms. The molecule has 0 atom stereocenters. The Bertz CT molecular complexity index is 989. The standard InChI is InChI=1S/C23H28F3N3OS2/c1-6-32-13-22(3,4)12-29(5)21(30)17-11-18(20(27)31)19(28-14(17)2)15-7-9-16(10-8-15)23(24,25)26/h7-11H,6,12-13H2,1-5H3,(H2,27,31). The molecular formula is C23H28F3N3OS2. The number of benzene rings is 1. The van der Waals surface area contributed by atoms with Crippen LogP contribution in [0.1, 0.15) is 48.0 Å². The highest BCUT2D eigenvalue weighted by atomic mass is 32.2. The topological polar surface area (TPSA) is 59.2 Å². The first-order chi connectivity index (χ1) is 14.8. The number of alkyl halides is 3. The van der Waals surface area contributed by atoms with Crippen LogP contribution in [0.5, 0.6) is 0 Å². The fourth-order valence-corrected chi connectivity index (χ4v) is 4.39. The molecule has 9 heteroatoms. The number of carbonyl (C=O) groups is 1. The second kappa shape index (κ2) is 10.2. The van der Waals surface area contributed by atoms with Crippen molar-refractivity contribution in [3.8, 4) is 11.3 Å². The van der Waals surface area contributed by atoms with E-state index in [9.17, 15) is 18.0 Å². The molecule has 2 aromatic rings. The Morgan fingerprint density at radius 3 is 2.28 bits per heavy atom. The summed E-state index contributed by atoms with van der Waals surface area (Å²) in [5.74, 6) is 1.72. The average molecular weight is 484 g/mol. The smallest absolute Gasteiger partial charge is 0.389 e. The summed E-state index contributed by atoms with van der Waals surface area (Å²) in [5.41, 5.74) is 7.02. The summed E-state index contributed by atoms with van der Waals surface area (Å²) in [6.07, 6.45) is -4.43. The normalized spacial score (nSPS) is 12.0. The third kappa shape index (κ3) is 6.45. The molecule has 0 spiro atoms. The molecule has 0 fully saturated rings. The molecule has 1 amide bonds. The predicted octanol–water partition coefficient (Wildman–Crippen LogP) is 5.56. The van der Waals surface area contributed by atoms with Gasteiger partial charge in [-0.1, -0.05) is 45.1 Å². The highest BCUT2D eigenvalue weighted by molar-refractivity contribution is 7.99. The highest BCUT2D eigenvalue weighted by Crippen LogP contribution is 2.32. The Morgan fingerprint density at radius 2 is 1.78 bits per heavy atom. The van der Waals surface area contributed by atoms with Gasteiger partial charge in [-0.15, -0.1) is 0 Å². The van der Waals surface area contributed by atoms with E-state index in [0.29, 0.717) is 34.6 Å². The largest absolute Gasteiger partial charge is 0.416 e. The number of rotatable bonds is 8. The molecule has 0 radical (unpaired) electrons. The SMILES string of the molecule is CCSCC(C)(C)CN(C)C(=O)c1cc(C(N)=S)c(-c2ccc(C(F)(F)F)cc2)nc1C. The number of carbonyl (C=O) groups excluding carboxylic acids is 1. The molecule has 0 aliphatic heterocycles. The van der Waals surface area contributed by atoms with Crippen LogP contribution >= 0.6 is 24.0 Å². The number of thiocarbonyl (C=S) groups is 1. The van der Waals surface area contributed by atoms with E-state index in [0.717, 1.165) is 23.6 Å². The molecular weight excluding hydrogens is 455 g/mol. The summed E-state index contributed by atoms with van der Waals surface area (Å²) >= 11 is 6.98. The minimum absolute atomic E-state index is 0.0174. The van der Waals surface area contributed by atoms with Crippen LogP contribution in [0.4, 0.5) is 13.2 Å². The molecule has 0 saturated heterocycles. The van der Waals surface area contributed by atoms with Gasteiger partial charge in [0.2, 0.25) is 0 Å². The van der Waals surface area contributed by atoms with Crippen molar-refractivity contribution >= 4 is 34.9 Å². The van der Waals surface area contributed by atoms with Gasteiger partial charge >= 0.3 is 6.18 Å². The van der Waals surface area contributed by atoms with Crippen LogP contribution in [0.3, 0.4) is 0 Å². The minimum Gasteiger partial charge on any atom is -0.389 e. The summed E-state index contributed by atoms with van der Waals surface area (Å²) in [5, 5.41) is 0. The molecule has 2 rings (SSSR count). The van der Waals surface area contributed by atoms with Crippen molar-refractivity contribution in [1.29, 1.82) is 0 Å². The van der Waals surface area contributed by atoms with Gasteiger partial charge in [0.25, 0.3) is 5.91 Å². The van der Waals surface area contributed by atoms with Crippen molar-refractivity contribution in [2.45, 2.75) is 33.9 Å². The summed E-state index contributed by atoms with van der Waals surface area (Å²) in [6, 6.07) is 6.21. The van der Waals surface area contributed by atoms with Gasteiger partial charge in [0.15, 0.2) is 0 Å². The Morgan fingerprint density at radius 1 is 1.19 bits per heavy atom. The van der Waals surface area contributed by atoms with E-state index in [1.54, 1.807) is 24.9 Å². The Kier molecular flexibility index (Phi) is 8.33. The van der Waals surface area contributed by atoms with Crippen molar-refractivity contribution in [1.82, 2.24) is 9.88 Å². The third-order valence-electron chi connectivity index (χ3n) is 4.90. The lowest BCUT2D eigenvalue weighted by molar-refractivity contribution is -0.137. The number of hydrogen-bond donors (Lipinski definition) is 1. The van der Waals surface area contributed by atoms with Gasteiger partial charge in [-0.3, -0.25) is 9.78 Å². The lowest BCUT2D eigenvalue weighted by atomic mass is 9.95. The second-order valence-corrected chi connectivity index (χ2v) is 10.1. The number of pyridine rings is 1. The Hall–Kier alpha value is -2.13. The monoisotopic (exact) mass is 483 g/mol. The van der Waals surface area contributed by atoms with Gasteiger partial charge in [-0.2, -0.15) is 24.9 Å². The van der Waals surface area contributed by atoms with Gasteiger partial charge in [0.1, 0.15) is 4.99 Å². The lowest BCUT2D eigenvalue weighted by Crippen LogP contribution is -2.37. The van der Waals surface area contributed by atoms with Gasteiger partial charge in [0.05, 0.1) is 22.5 Å². The van der Waals surface area contributed by atoms with Crippen molar-refractivity contribution in [3.05, 3.63) is 52.7 Å². The van der Waals surface area contributed by atoms with Crippen LogP contribution in [-0.4, -0.2) is 45.9 Å². The first-order valence-electron chi connectivity index (χ1n) is 10.1. The first kappa shape index (κ1) is 26.1. The van der Waals surface area contributed by atoms with Crippen LogP contribution in [0, 0.1) is 12.3 Å². The fourth-order valence-electron chi connectivity index (χ4n) is 3.39. The first-order valence-corrected chi connectivity index (χ1v) is 11.7. The van der Waals surface area contributed by atoms with Crippen LogP contribution in [0.2, 0.25) is 0 Å². The summed E-state index contributed by atoms with van der Waals surface area (Å²) < 4.78 is 38.7. The van der Waals surface area contributed by atoms with Gasteiger partial charge in [-0.25, -0.2) is 0 Å². The molecule has 1 aromatic carbocycles. The van der Waals surface area contributed by atoms with E-state index >= 15 is 0 Å². The zero-order chi connectivity index (χ0) is 24.3. The zero-order valence-electron chi connectivity index (χ0n) is 18.8. The number of amides is 1. The van der Waals surface area contributed by atoms with E-state index < -0.39 is 11.7 Å². The molecule has 2 N–H and O–H groups in total. The maximum Gasteiger partial charge on any atom is 0.416 e. The number of thioether (sulfide) groups is 1.